The Balaban J connectivity index is 1.69. The second kappa shape index (κ2) is 6.80. The molecule has 1 aliphatic heterocycles. The highest BCUT2D eigenvalue weighted by molar-refractivity contribution is 7.10. The molecular formula is C16H21N3O3S. The third kappa shape index (κ3) is 3.45. The van der Waals surface area contributed by atoms with E-state index in [0.717, 1.165) is 4.88 Å². The SMILES string of the molecule is CC(C)c1nnc([C@@H]2CN(C(=O)[C@H](C)c3cccs3)CCO2)o1. The highest BCUT2D eigenvalue weighted by Gasteiger charge is 2.32. The predicted octanol–water partition coefficient (Wildman–Crippen LogP) is 2.96. The fourth-order valence-electron chi connectivity index (χ4n) is 2.54. The Morgan fingerprint density at radius 2 is 2.22 bits per heavy atom. The minimum Gasteiger partial charge on any atom is -0.422 e. The predicted molar refractivity (Wildman–Crippen MR) is 86.4 cm³/mol. The first-order valence-electron chi connectivity index (χ1n) is 7.83. The van der Waals surface area contributed by atoms with E-state index in [1.807, 2.05) is 43.2 Å². The third-order valence-electron chi connectivity index (χ3n) is 3.94. The number of ether oxygens (including phenoxy) is 1. The van der Waals surface area contributed by atoms with E-state index in [-0.39, 0.29) is 23.8 Å². The lowest BCUT2D eigenvalue weighted by Gasteiger charge is -2.32. The topological polar surface area (TPSA) is 68.5 Å². The minimum atomic E-state index is -0.344. The molecule has 3 heterocycles. The van der Waals surface area contributed by atoms with Gasteiger partial charge in [-0.15, -0.1) is 21.5 Å². The second-order valence-electron chi connectivity index (χ2n) is 6.01. The van der Waals surface area contributed by atoms with Crippen molar-refractivity contribution in [1.29, 1.82) is 0 Å². The molecule has 1 saturated heterocycles. The number of hydrogen-bond donors (Lipinski definition) is 0. The van der Waals surface area contributed by atoms with E-state index in [9.17, 15) is 4.79 Å². The van der Waals surface area contributed by atoms with Crippen LogP contribution in [-0.2, 0) is 9.53 Å². The highest BCUT2D eigenvalue weighted by Crippen LogP contribution is 2.27. The number of rotatable bonds is 4. The van der Waals surface area contributed by atoms with Crippen molar-refractivity contribution in [2.75, 3.05) is 19.7 Å². The van der Waals surface area contributed by atoms with E-state index in [4.69, 9.17) is 9.15 Å². The van der Waals surface area contributed by atoms with Gasteiger partial charge in [0.1, 0.15) is 0 Å². The van der Waals surface area contributed by atoms with Crippen LogP contribution in [0.3, 0.4) is 0 Å². The van der Waals surface area contributed by atoms with Crippen molar-refractivity contribution in [3.63, 3.8) is 0 Å². The lowest BCUT2D eigenvalue weighted by molar-refractivity contribution is -0.141. The van der Waals surface area contributed by atoms with Gasteiger partial charge in [-0.1, -0.05) is 19.9 Å². The smallest absolute Gasteiger partial charge is 0.247 e. The number of carbonyl (C=O) groups is 1. The molecule has 0 unspecified atom stereocenters. The molecule has 0 saturated carbocycles. The molecule has 0 aromatic carbocycles. The molecule has 0 radical (unpaired) electrons. The minimum absolute atomic E-state index is 0.115. The van der Waals surface area contributed by atoms with Gasteiger partial charge in [0, 0.05) is 17.3 Å². The molecule has 0 aliphatic carbocycles. The van der Waals surface area contributed by atoms with E-state index >= 15 is 0 Å². The molecule has 124 valence electrons. The van der Waals surface area contributed by atoms with Crippen LogP contribution in [-0.4, -0.2) is 40.7 Å². The molecule has 23 heavy (non-hydrogen) atoms. The van der Waals surface area contributed by atoms with E-state index in [1.165, 1.54) is 0 Å². The van der Waals surface area contributed by atoms with Gasteiger partial charge in [-0.25, -0.2) is 0 Å². The molecule has 2 aromatic heterocycles. The van der Waals surface area contributed by atoms with Crippen molar-refractivity contribution in [3.05, 3.63) is 34.2 Å². The Hall–Kier alpha value is -1.73. The van der Waals surface area contributed by atoms with E-state index in [1.54, 1.807) is 11.3 Å². The van der Waals surface area contributed by atoms with Crippen LogP contribution in [0.15, 0.2) is 21.9 Å². The largest absolute Gasteiger partial charge is 0.422 e. The molecule has 2 aromatic rings. The Kier molecular flexibility index (Phi) is 4.77. The summed E-state index contributed by atoms with van der Waals surface area (Å²) in [5.74, 6) is 1.21. The van der Waals surface area contributed by atoms with Gasteiger partial charge >= 0.3 is 0 Å². The van der Waals surface area contributed by atoms with Crippen molar-refractivity contribution in [3.8, 4) is 0 Å². The third-order valence-corrected chi connectivity index (χ3v) is 5.00. The molecule has 3 rings (SSSR count). The van der Waals surface area contributed by atoms with E-state index < -0.39 is 0 Å². The van der Waals surface area contributed by atoms with Crippen molar-refractivity contribution in [1.82, 2.24) is 15.1 Å². The number of hydrogen-bond acceptors (Lipinski definition) is 6. The maximum absolute atomic E-state index is 12.7. The van der Waals surface area contributed by atoms with Crippen LogP contribution in [0.1, 0.15) is 55.4 Å². The first-order chi connectivity index (χ1) is 11.1. The Labute approximate surface area is 139 Å². The Morgan fingerprint density at radius 3 is 2.87 bits per heavy atom. The van der Waals surface area contributed by atoms with Crippen LogP contribution in [0.5, 0.6) is 0 Å². The highest BCUT2D eigenvalue weighted by atomic mass is 32.1. The quantitative estimate of drug-likeness (QED) is 0.859. The van der Waals surface area contributed by atoms with Crippen LogP contribution >= 0.6 is 11.3 Å². The summed E-state index contributed by atoms with van der Waals surface area (Å²) in [6, 6.07) is 3.97. The molecule has 1 fully saturated rings. The summed E-state index contributed by atoms with van der Waals surface area (Å²) in [6.07, 6.45) is -0.344. The van der Waals surface area contributed by atoms with E-state index in [2.05, 4.69) is 10.2 Å². The number of carbonyl (C=O) groups excluding carboxylic acids is 1. The summed E-state index contributed by atoms with van der Waals surface area (Å²) in [7, 11) is 0. The van der Waals surface area contributed by atoms with Crippen LogP contribution in [0.4, 0.5) is 0 Å². The van der Waals surface area contributed by atoms with Gasteiger partial charge in [0.2, 0.25) is 17.7 Å². The summed E-state index contributed by atoms with van der Waals surface area (Å²) < 4.78 is 11.4. The number of amides is 1. The molecule has 0 spiro atoms. The number of thiophene rings is 1. The van der Waals surface area contributed by atoms with Gasteiger partial charge in [0.25, 0.3) is 0 Å². The average molecular weight is 335 g/mol. The summed E-state index contributed by atoms with van der Waals surface area (Å²) >= 11 is 1.61. The van der Waals surface area contributed by atoms with Crippen molar-refractivity contribution < 1.29 is 13.9 Å². The van der Waals surface area contributed by atoms with Crippen molar-refractivity contribution in [2.24, 2.45) is 0 Å². The van der Waals surface area contributed by atoms with Crippen LogP contribution in [0, 0.1) is 0 Å². The lowest BCUT2D eigenvalue weighted by Crippen LogP contribution is -2.44. The zero-order valence-corrected chi connectivity index (χ0v) is 14.4. The van der Waals surface area contributed by atoms with Crippen LogP contribution < -0.4 is 0 Å². The monoisotopic (exact) mass is 335 g/mol. The molecule has 6 nitrogen and oxygen atoms in total. The molecular weight excluding hydrogens is 314 g/mol. The van der Waals surface area contributed by atoms with Gasteiger partial charge in [-0.3, -0.25) is 4.79 Å². The summed E-state index contributed by atoms with van der Waals surface area (Å²) in [6.45, 7) is 7.47. The Bertz CT molecular complexity index is 653. The summed E-state index contributed by atoms with van der Waals surface area (Å²) in [5.41, 5.74) is 0. The van der Waals surface area contributed by atoms with Crippen molar-refractivity contribution >= 4 is 17.2 Å². The molecule has 1 amide bonds. The first kappa shape index (κ1) is 16.1. The zero-order chi connectivity index (χ0) is 16.4. The molecule has 0 bridgehead atoms. The number of nitrogens with zero attached hydrogens (tertiary/aromatic N) is 3. The lowest BCUT2D eigenvalue weighted by atomic mass is 10.1. The zero-order valence-electron chi connectivity index (χ0n) is 13.6. The van der Waals surface area contributed by atoms with Crippen LogP contribution in [0.25, 0.3) is 0 Å². The normalized spacial score (nSPS) is 20.0. The van der Waals surface area contributed by atoms with E-state index in [0.29, 0.717) is 31.5 Å². The maximum atomic E-state index is 12.7. The molecule has 0 N–H and O–H groups in total. The summed E-state index contributed by atoms with van der Waals surface area (Å²) in [4.78, 5) is 15.6. The van der Waals surface area contributed by atoms with Gasteiger partial charge in [0.15, 0.2) is 6.10 Å². The number of morpholine rings is 1. The van der Waals surface area contributed by atoms with Crippen LogP contribution in [0.2, 0.25) is 0 Å². The van der Waals surface area contributed by atoms with Crippen molar-refractivity contribution in [2.45, 2.75) is 38.7 Å². The molecule has 7 heteroatoms. The standard InChI is InChI=1S/C16H21N3O3S/c1-10(2)14-17-18-15(22-14)12-9-19(6-7-21-12)16(20)11(3)13-5-4-8-23-13/h4-5,8,10-12H,6-7,9H2,1-3H3/t11-,12+/m1/s1. The number of aromatic nitrogens is 2. The Morgan fingerprint density at radius 1 is 1.39 bits per heavy atom. The van der Waals surface area contributed by atoms with Gasteiger partial charge in [-0.2, -0.15) is 0 Å². The molecule has 1 aliphatic rings. The van der Waals surface area contributed by atoms with Gasteiger partial charge < -0.3 is 14.1 Å². The van der Waals surface area contributed by atoms with Gasteiger partial charge in [-0.05, 0) is 18.4 Å². The second-order valence-corrected chi connectivity index (χ2v) is 6.99. The first-order valence-corrected chi connectivity index (χ1v) is 8.71. The van der Waals surface area contributed by atoms with Gasteiger partial charge in [0.05, 0.1) is 19.1 Å². The summed E-state index contributed by atoms with van der Waals surface area (Å²) in [5, 5.41) is 10.1. The fourth-order valence-corrected chi connectivity index (χ4v) is 3.32. The fraction of sp³-hybridized carbons (Fsp3) is 0.562. The molecule has 2 atom stereocenters. The maximum Gasteiger partial charge on any atom is 0.247 e. The average Bonchev–Trinajstić information content (AvgIpc) is 3.25.